The molecule has 1 atom stereocenters. The number of likely N-dealkylation sites (tertiary alicyclic amines) is 1. The van der Waals surface area contributed by atoms with Crippen LogP contribution in [0.15, 0.2) is 6.07 Å². The van der Waals surface area contributed by atoms with E-state index in [9.17, 15) is 0 Å². The van der Waals surface area contributed by atoms with E-state index in [2.05, 4.69) is 47.0 Å². The maximum atomic E-state index is 4.46. The van der Waals surface area contributed by atoms with Crippen molar-refractivity contribution in [1.82, 2.24) is 14.9 Å². The van der Waals surface area contributed by atoms with Crippen molar-refractivity contribution in [1.29, 1.82) is 0 Å². The summed E-state index contributed by atoms with van der Waals surface area (Å²) in [5.41, 5.74) is 1.12. The van der Waals surface area contributed by atoms with Gasteiger partial charge in [-0.1, -0.05) is 6.92 Å². The molecule has 2 rings (SSSR count). The summed E-state index contributed by atoms with van der Waals surface area (Å²) >= 11 is 0. The summed E-state index contributed by atoms with van der Waals surface area (Å²) in [5.74, 6) is 2.58. The second-order valence-corrected chi connectivity index (χ2v) is 5.77. The highest BCUT2D eigenvalue weighted by molar-refractivity contribution is 5.36. The standard InChI is InChI=1S/C15H26N4/c1-5-14-8-15(18-12(4)17-14)16-9-13-6-7-19(10-13)11(2)3/h8,11,13H,5-7,9-10H2,1-4H3,(H,16,17,18). The number of nitrogens with zero attached hydrogens (tertiary/aromatic N) is 3. The Hall–Kier alpha value is -1.16. The molecule has 0 aromatic carbocycles. The fourth-order valence-electron chi connectivity index (χ4n) is 2.65. The van der Waals surface area contributed by atoms with E-state index < -0.39 is 0 Å². The largest absolute Gasteiger partial charge is 0.370 e. The minimum Gasteiger partial charge on any atom is -0.370 e. The minimum absolute atomic E-state index is 0.665. The Balaban J connectivity index is 1.87. The molecule has 1 aromatic heterocycles. The SMILES string of the molecule is CCc1cc(NCC2CCN(C(C)C)C2)nc(C)n1. The van der Waals surface area contributed by atoms with E-state index in [0.29, 0.717) is 6.04 Å². The molecule has 1 fully saturated rings. The van der Waals surface area contributed by atoms with Crippen molar-refractivity contribution in [2.75, 3.05) is 25.0 Å². The molecule has 1 N–H and O–H groups in total. The lowest BCUT2D eigenvalue weighted by atomic mass is 10.1. The average Bonchev–Trinajstić information content (AvgIpc) is 2.84. The van der Waals surface area contributed by atoms with Gasteiger partial charge in [0.2, 0.25) is 0 Å². The Morgan fingerprint density at radius 2 is 2.21 bits per heavy atom. The smallest absolute Gasteiger partial charge is 0.129 e. The van der Waals surface area contributed by atoms with Crippen LogP contribution < -0.4 is 5.32 Å². The van der Waals surface area contributed by atoms with Crippen LogP contribution in [0.2, 0.25) is 0 Å². The molecule has 1 unspecified atom stereocenters. The molecule has 1 aromatic rings. The van der Waals surface area contributed by atoms with Crippen molar-refractivity contribution in [3.05, 3.63) is 17.6 Å². The summed E-state index contributed by atoms with van der Waals surface area (Å²) < 4.78 is 0. The summed E-state index contributed by atoms with van der Waals surface area (Å²) in [4.78, 5) is 11.4. The van der Waals surface area contributed by atoms with E-state index in [1.54, 1.807) is 0 Å². The molecule has 1 aliphatic rings. The van der Waals surface area contributed by atoms with Crippen molar-refractivity contribution in [2.24, 2.45) is 5.92 Å². The highest BCUT2D eigenvalue weighted by atomic mass is 15.2. The first-order chi connectivity index (χ1) is 9.08. The molecule has 4 heteroatoms. The molecule has 0 amide bonds. The number of hydrogen-bond donors (Lipinski definition) is 1. The predicted molar refractivity (Wildman–Crippen MR) is 79.5 cm³/mol. The molecule has 19 heavy (non-hydrogen) atoms. The maximum absolute atomic E-state index is 4.46. The lowest BCUT2D eigenvalue weighted by Crippen LogP contribution is -2.29. The molecule has 4 nitrogen and oxygen atoms in total. The number of aryl methyl sites for hydroxylation is 2. The van der Waals surface area contributed by atoms with Gasteiger partial charge in [-0.15, -0.1) is 0 Å². The summed E-state index contributed by atoms with van der Waals surface area (Å²) in [5, 5.41) is 3.48. The zero-order valence-electron chi connectivity index (χ0n) is 12.6. The van der Waals surface area contributed by atoms with E-state index in [0.717, 1.165) is 36.2 Å². The van der Waals surface area contributed by atoms with E-state index in [1.807, 2.05) is 6.92 Å². The molecule has 0 aliphatic carbocycles. The fourth-order valence-corrected chi connectivity index (χ4v) is 2.65. The number of hydrogen-bond acceptors (Lipinski definition) is 4. The summed E-state index contributed by atoms with van der Waals surface area (Å²) in [7, 11) is 0. The van der Waals surface area contributed by atoms with Gasteiger partial charge >= 0.3 is 0 Å². The molecule has 1 aliphatic heterocycles. The highest BCUT2D eigenvalue weighted by Gasteiger charge is 2.23. The van der Waals surface area contributed by atoms with Gasteiger partial charge in [0, 0.05) is 30.9 Å². The topological polar surface area (TPSA) is 41.0 Å². The number of rotatable bonds is 5. The van der Waals surface area contributed by atoms with E-state index >= 15 is 0 Å². The lowest BCUT2D eigenvalue weighted by molar-refractivity contribution is 0.266. The molecule has 0 bridgehead atoms. The van der Waals surface area contributed by atoms with Gasteiger partial charge in [-0.05, 0) is 46.1 Å². The third-order valence-corrected chi connectivity index (χ3v) is 3.87. The Morgan fingerprint density at radius 1 is 1.42 bits per heavy atom. The van der Waals surface area contributed by atoms with Gasteiger partial charge in [-0.3, -0.25) is 0 Å². The van der Waals surface area contributed by atoms with Crippen molar-refractivity contribution in [2.45, 2.75) is 46.6 Å². The lowest BCUT2D eigenvalue weighted by Gasteiger charge is -2.20. The number of aromatic nitrogens is 2. The number of anilines is 1. The van der Waals surface area contributed by atoms with Crippen LogP contribution in [-0.4, -0.2) is 40.5 Å². The molecule has 0 saturated carbocycles. The summed E-state index contributed by atoms with van der Waals surface area (Å²) in [6.45, 7) is 12.1. The van der Waals surface area contributed by atoms with Crippen LogP contribution in [0.4, 0.5) is 5.82 Å². The normalized spacial score (nSPS) is 20.2. The average molecular weight is 262 g/mol. The third kappa shape index (κ3) is 3.90. The predicted octanol–water partition coefficient (Wildman–Crippen LogP) is 2.49. The molecule has 0 radical (unpaired) electrons. The first-order valence-corrected chi connectivity index (χ1v) is 7.41. The second-order valence-electron chi connectivity index (χ2n) is 5.77. The van der Waals surface area contributed by atoms with Crippen molar-refractivity contribution in [3.63, 3.8) is 0 Å². The quantitative estimate of drug-likeness (QED) is 0.885. The maximum Gasteiger partial charge on any atom is 0.129 e. The van der Waals surface area contributed by atoms with Gasteiger partial charge in [0.25, 0.3) is 0 Å². The molecular formula is C15H26N4. The molecule has 0 spiro atoms. The second kappa shape index (κ2) is 6.33. The van der Waals surface area contributed by atoms with E-state index in [4.69, 9.17) is 0 Å². The van der Waals surface area contributed by atoms with Gasteiger partial charge in [-0.2, -0.15) is 0 Å². The number of nitrogens with one attached hydrogen (secondary N) is 1. The van der Waals surface area contributed by atoms with Crippen molar-refractivity contribution >= 4 is 5.82 Å². The van der Waals surface area contributed by atoms with Crippen molar-refractivity contribution < 1.29 is 0 Å². The summed E-state index contributed by atoms with van der Waals surface area (Å²) in [6.07, 6.45) is 2.25. The first kappa shape index (κ1) is 14.3. The molecule has 1 saturated heterocycles. The first-order valence-electron chi connectivity index (χ1n) is 7.41. The van der Waals surface area contributed by atoms with E-state index in [-0.39, 0.29) is 0 Å². The van der Waals surface area contributed by atoms with Crippen LogP contribution in [-0.2, 0) is 6.42 Å². The van der Waals surface area contributed by atoms with Gasteiger partial charge < -0.3 is 10.2 Å². The van der Waals surface area contributed by atoms with Crippen LogP contribution in [0.25, 0.3) is 0 Å². The Morgan fingerprint density at radius 3 is 2.84 bits per heavy atom. The van der Waals surface area contributed by atoms with Crippen LogP contribution in [0, 0.1) is 12.8 Å². The van der Waals surface area contributed by atoms with Gasteiger partial charge in [-0.25, -0.2) is 9.97 Å². The fraction of sp³-hybridized carbons (Fsp3) is 0.733. The monoisotopic (exact) mass is 262 g/mol. The highest BCUT2D eigenvalue weighted by Crippen LogP contribution is 2.19. The van der Waals surface area contributed by atoms with Gasteiger partial charge in [0.05, 0.1) is 0 Å². The van der Waals surface area contributed by atoms with Crippen LogP contribution in [0.3, 0.4) is 0 Å². The van der Waals surface area contributed by atoms with Gasteiger partial charge in [0.1, 0.15) is 11.6 Å². The molecular weight excluding hydrogens is 236 g/mol. The Labute approximate surface area is 116 Å². The van der Waals surface area contributed by atoms with Crippen LogP contribution in [0.5, 0.6) is 0 Å². The Bertz CT molecular complexity index is 417. The molecule has 2 heterocycles. The summed E-state index contributed by atoms with van der Waals surface area (Å²) in [6, 6.07) is 2.74. The molecule has 106 valence electrons. The Kier molecular flexibility index (Phi) is 4.75. The minimum atomic E-state index is 0.665. The zero-order valence-corrected chi connectivity index (χ0v) is 12.6. The van der Waals surface area contributed by atoms with Gasteiger partial charge in [0.15, 0.2) is 0 Å². The van der Waals surface area contributed by atoms with E-state index in [1.165, 1.54) is 19.5 Å². The van der Waals surface area contributed by atoms with Crippen molar-refractivity contribution in [3.8, 4) is 0 Å². The zero-order chi connectivity index (χ0) is 13.8. The van der Waals surface area contributed by atoms with Crippen LogP contribution >= 0.6 is 0 Å². The third-order valence-electron chi connectivity index (χ3n) is 3.87. The van der Waals surface area contributed by atoms with Crippen LogP contribution in [0.1, 0.15) is 38.7 Å².